The number of anilines is 2. The van der Waals surface area contributed by atoms with Crippen molar-refractivity contribution in [2.45, 2.75) is 6.42 Å². The summed E-state index contributed by atoms with van der Waals surface area (Å²) in [6.45, 7) is 0.545. The number of nitrogens with zero attached hydrogens (tertiary/aromatic N) is 1. The maximum absolute atomic E-state index is 12.5. The molecule has 1 aliphatic heterocycles. The maximum Gasteiger partial charge on any atom is 0.239 e. The van der Waals surface area contributed by atoms with Gasteiger partial charge >= 0.3 is 0 Å². The summed E-state index contributed by atoms with van der Waals surface area (Å²) in [4.78, 5) is 26.4. The van der Waals surface area contributed by atoms with Crippen molar-refractivity contribution in [1.82, 2.24) is 0 Å². The van der Waals surface area contributed by atoms with Crippen LogP contribution >= 0.6 is 11.6 Å². The van der Waals surface area contributed by atoms with E-state index in [0.717, 1.165) is 5.69 Å². The molecule has 1 unspecified atom stereocenters. The zero-order valence-corrected chi connectivity index (χ0v) is 12.6. The molecule has 1 aliphatic rings. The summed E-state index contributed by atoms with van der Waals surface area (Å²) < 4.78 is 0. The number of rotatable bonds is 3. The van der Waals surface area contributed by atoms with Crippen LogP contribution in [0.15, 0.2) is 54.6 Å². The Balaban J connectivity index is 1.73. The number of hydrogen-bond acceptors (Lipinski definition) is 2. The first-order valence-corrected chi connectivity index (χ1v) is 7.46. The molecule has 2 aromatic rings. The molecule has 0 radical (unpaired) electrons. The largest absolute Gasteiger partial charge is 0.324 e. The molecule has 4 nitrogen and oxygen atoms in total. The second kappa shape index (κ2) is 6.20. The van der Waals surface area contributed by atoms with Crippen molar-refractivity contribution >= 4 is 34.8 Å². The fourth-order valence-electron chi connectivity index (χ4n) is 2.57. The number of para-hydroxylation sites is 2. The van der Waals surface area contributed by atoms with Crippen molar-refractivity contribution in [3.05, 3.63) is 59.6 Å². The van der Waals surface area contributed by atoms with Crippen molar-refractivity contribution in [3.8, 4) is 0 Å². The van der Waals surface area contributed by atoms with E-state index in [-0.39, 0.29) is 11.8 Å². The lowest BCUT2D eigenvalue weighted by Crippen LogP contribution is -2.33. The molecule has 1 saturated heterocycles. The fraction of sp³-hybridized carbons (Fsp3) is 0.176. The molecule has 1 fully saturated rings. The molecule has 1 heterocycles. The van der Waals surface area contributed by atoms with E-state index in [9.17, 15) is 9.59 Å². The minimum atomic E-state index is -0.670. The van der Waals surface area contributed by atoms with Crippen LogP contribution in [0.3, 0.4) is 0 Å². The summed E-state index contributed by atoms with van der Waals surface area (Å²) in [5.41, 5.74) is 1.35. The van der Waals surface area contributed by atoms with Gasteiger partial charge in [-0.25, -0.2) is 0 Å². The number of carbonyl (C=O) groups is 2. The number of hydrogen-bond donors (Lipinski definition) is 1. The Morgan fingerprint density at radius 3 is 2.50 bits per heavy atom. The van der Waals surface area contributed by atoms with Crippen LogP contribution in [0.1, 0.15) is 6.42 Å². The summed E-state index contributed by atoms with van der Waals surface area (Å²) in [6.07, 6.45) is 0.504. The standard InChI is InChI=1S/C17H15ClN2O2/c18-14-8-4-5-9-15(14)19-16(21)13-10-11-20(17(13)22)12-6-2-1-3-7-12/h1-9,13H,10-11H2,(H,19,21). The minimum Gasteiger partial charge on any atom is -0.324 e. The van der Waals surface area contributed by atoms with Crippen molar-refractivity contribution in [1.29, 1.82) is 0 Å². The molecule has 2 aromatic carbocycles. The van der Waals surface area contributed by atoms with Crippen LogP contribution in [0, 0.1) is 5.92 Å². The van der Waals surface area contributed by atoms with Gasteiger partial charge in [-0.15, -0.1) is 0 Å². The van der Waals surface area contributed by atoms with E-state index in [0.29, 0.717) is 23.7 Å². The lowest BCUT2D eigenvalue weighted by Gasteiger charge is -2.16. The lowest BCUT2D eigenvalue weighted by molar-refractivity contribution is -0.129. The van der Waals surface area contributed by atoms with Gasteiger partial charge < -0.3 is 10.2 Å². The van der Waals surface area contributed by atoms with Gasteiger partial charge in [0.1, 0.15) is 5.92 Å². The molecule has 112 valence electrons. The smallest absolute Gasteiger partial charge is 0.239 e. The SMILES string of the molecule is O=C(Nc1ccccc1Cl)C1CCN(c2ccccc2)C1=O. The number of halogens is 1. The molecule has 3 rings (SSSR count). The van der Waals surface area contributed by atoms with Crippen LogP contribution < -0.4 is 10.2 Å². The average molecular weight is 315 g/mol. The second-order valence-electron chi connectivity index (χ2n) is 5.14. The van der Waals surface area contributed by atoms with Gasteiger partial charge in [0.2, 0.25) is 11.8 Å². The molecular formula is C17H15ClN2O2. The molecule has 1 atom stereocenters. The van der Waals surface area contributed by atoms with Crippen molar-refractivity contribution in [3.63, 3.8) is 0 Å². The predicted octanol–water partition coefficient (Wildman–Crippen LogP) is 3.33. The van der Waals surface area contributed by atoms with Gasteiger partial charge in [-0.1, -0.05) is 41.9 Å². The van der Waals surface area contributed by atoms with Gasteiger partial charge in [-0.05, 0) is 30.7 Å². The Morgan fingerprint density at radius 2 is 1.77 bits per heavy atom. The van der Waals surface area contributed by atoms with Crippen molar-refractivity contribution < 1.29 is 9.59 Å². The summed E-state index contributed by atoms with van der Waals surface area (Å²) in [6, 6.07) is 16.4. The Morgan fingerprint density at radius 1 is 1.09 bits per heavy atom. The first kappa shape index (κ1) is 14.6. The number of amides is 2. The van der Waals surface area contributed by atoms with Crippen LogP contribution in [0.4, 0.5) is 11.4 Å². The highest BCUT2D eigenvalue weighted by atomic mass is 35.5. The van der Waals surface area contributed by atoms with E-state index < -0.39 is 5.92 Å². The second-order valence-corrected chi connectivity index (χ2v) is 5.54. The van der Waals surface area contributed by atoms with Crippen molar-refractivity contribution in [2.24, 2.45) is 5.92 Å². The summed E-state index contributed by atoms with van der Waals surface area (Å²) in [5.74, 6) is -1.15. The fourth-order valence-corrected chi connectivity index (χ4v) is 2.75. The highest BCUT2D eigenvalue weighted by molar-refractivity contribution is 6.33. The maximum atomic E-state index is 12.5. The molecule has 5 heteroatoms. The molecule has 2 amide bonds. The third kappa shape index (κ3) is 2.83. The lowest BCUT2D eigenvalue weighted by atomic mass is 10.1. The Hall–Kier alpha value is -2.33. The molecule has 0 aromatic heterocycles. The summed E-state index contributed by atoms with van der Waals surface area (Å²) in [5, 5.41) is 3.20. The number of benzene rings is 2. The molecule has 0 bridgehead atoms. The molecule has 0 aliphatic carbocycles. The van der Waals surface area contributed by atoms with E-state index in [1.165, 1.54) is 0 Å². The number of nitrogens with one attached hydrogen (secondary N) is 1. The first-order valence-electron chi connectivity index (χ1n) is 7.08. The van der Waals surface area contributed by atoms with E-state index in [4.69, 9.17) is 11.6 Å². The van der Waals surface area contributed by atoms with Crippen LogP contribution in [0.5, 0.6) is 0 Å². The van der Waals surface area contributed by atoms with Gasteiger partial charge in [-0.2, -0.15) is 0 Å². The summed E-state index contributed by atoms with van der Waals surface area (Å²) in [7, 11) is 0. The number of carbonyl (C=O) groups excluding carboxylic acids is 2. The quantitative estimate of drug-likeness (QED) is 0.883. The van der Waals surface area contributed by atoms with E-state index in [2.05, 4.69) is 5.32 Å². The van der Waals surface area contributed by atoms with Crippen LogP contribution in [0.25, 0.3) is 0 Å². The highest BCUT2D eigenvalue weighted by Gasteiger charge is 2.37. The van der Waals surface area contributed by atoms with Crippen LogP contribution in [-0.2, 0) is 9.59 Å². The Labute approximate surface area is 133 Å². The molecule has 0 spiro atoms. The molecule has 1 N–H and O–H groups in total. The zero-order chi connectivity index (χ0) is 15.5. The topological polar surface area (TPSA) is 49.4 Å². The Bertz CT molecular complexity index is 703. The van der Waals surface area contributed by atoms with E-state index in [1.807, 2.05) is 30.3 Å². The molecular weight excluding hydrogens is 300 g/mol. The van der Waals surface area contributed by atoms with E-state index in [1.54, 1.807) is 29.2 Å². The monoisotopic (exact) mass is 314 g/mol. The van der Waals surface area contributed by atoms with E-state index >= 15 is 0 Å². The zero-order valence-electron chi connectivity index (χ0n) is 11.8. The van der Waals surface area contributed by atoms with Crippen molar-refractivity contribution in [2.75, 3.05) is 16.8 Å². The summed E-state index contributed by atoms with van der Waals surface area (Å²) >= 11 is 6.03. The highest BCUT2D eigenvalue weighted by Crippen LogP contribution is 2.27. The van der Waals surface area contributed by atoms with Gasteiger partial charge in [0.15, 0.2) is 0 Å². The first-order chi connectivity index (χ1) is 10.7. The van der Waals surface area contributed by atoms with Gasteiger partial charge in [-0.3, -0.25) is 9.59 Å². The predicted molar refractivity (Wildman–Crippen MR) is 87.0 cm³/mol. The van der Waals surface area contributed by atoms with Crippen LogP contribution in [-0.4, -0.2) is 18.4 Å². The third-order valence-corrected chi connectivity index (χ3v) is 4.05. The Kier molecular flexibility index (Phi) is 4.11. The third-order valence-electron chi connectivity index (χ3n) is 3.72. The minimum absolute atomic E-state index is 0.171. The molecule has 22 heavy (non-hydrogen) atoms. The normalized spacial score (nSPS) is 17.6. The van der Waals surface area contributed by atoms with Gasteiger partial charge in [0.05, 0.1) is 10.7 Å². The average Bonchev–Trinajstić information content (AvgIpc) is 2.92. The molecule has 0 saturated carbocycles. The van der Waals surface area contributed by atoms with Crippen LogP contribution in [0.2, 0.25) is 5.02 Å². The van der Waals surface area contributed by atoms with Gasteiger partial charge in [0, 0.05) is 12.2 Å². The van der Waals surface area contributed by atoms with Gasteiger partial charge in [0.25, 0.3) is 0 Å².